The van der Waals surface area contributed by atoms with Crippen molar-refractivity contribution in [2.75, 3.05) is 0 Å². The second kappa shape index (κ2) is 18.4. The molecule has 4 heterocycles. The molecule has 11 aromatic rings. The Bertz CT molecular complexity index is 3500. The summed E-state index contributed by atoms with van der Waals surface area (Å²) < 4.78 is 0. The molecule has 0 aliphatic carbocycles. The van der Waals surface area contributed by atoms with Crippen LogP contribution in [0.25, 0.3) is 113 Å². The van der Waals surface area contributed by atoms with E-state index in [9.17, 15) is 0 Å². The lowest BCUT2D eigenvalue weighted by atomic mass is 9.86. The summed E-state index contributed by atoms with van der Waals surface area (Å²) in [4.78, 5) is 40.1. The number of pyridine rings is 1. The van der Waals surface area contributed by atoms with E-state index < -0.39 is 0 Å². The van der Waals surface area contributed by atoms with Gasteiger partial charge >= 0.3 is 0 Å². The average molecular weight is 875 g/mol. The van der Waals surface area contributed by atoms with E-state index in [1.54, 1.807) is 0 Å². The van der Waals surface area contributed by atoms with Crippen molar-refractivity contribution in [3.8, 4) is 113 Å². The normalized spacial score (nSPS) is 11.1. The molecule has 8 heteroatoms. The Morgan fingerprint density at radius 2 is 0.721 bits per heavy atom. The van der Waals surface area contributed by atoms with Gasteiger partial charge < -0.3 is 0 Å². The third-order valence-electron chi connectivity index (χ3n) is 11.8. The highest BCUT2D eigenvalue weighted by Crippen LogP contribution is 2.44. The van der Waals surface area contributed by atoms with E-state index in [4.69, 9.17) is 29.9 Å². The summed E-state index contributed by atoms with van der Waals surface area (Å²) in [6, 6.07) is 72.1. The summed E-state index contributed by atoms with van der Waals surface area (Å²) in [5.74, 6) is 3.08. The number of benzene rings is 7. The molecule has 0 N–H and O–H groups in total. The maximum absolute atomic E-state index is 5.24. The Morgan fingerprint density at radius 1 is 0.265 bits per heavy atom. The van der Waals surface area contributed by atoms with E-state index >= 15 is 0 Å². The third-order valence-corrected chi connectivity index (χ3v) is 11.8. The van der Waals surface area contributed by atoms with Crippen molar-refractivity contribution >= 4 is 0 Å². The van der Waals surface area contributed by atoms with Crippen molar-refractivity contribution in [2.24, 2.45) is 0 Å². The molecule has 322 valence electrons. The van der Waals surface area contributed by atoms with Crippen molar-refractivity contribution in [1.29, 1.82) is 0 Å². The zero-order valence-electron chi connectivity index (χ0n) is 37.4. The van der Waals surface area contributed by atoms with Crippen LogP contribution in [0, 0.1) is 13.8 Å². The van der Waals surface area contributed by atoms with Crippen molar-refractivity contribution in [2.45, 2.75) is 13.8 Å². The molecule has 0 amide bonds. The second-order valence-electron chi connectivity index (χ2n) is 16.5. The predicted octanol–water partition coefficient (Wildman–Crippen LogP) is 14.1. The van der Waals surface area contributed by atoms with Crippen LogP contribution in [-0.4, -0.2) is 39.9 Å². The predicted molar refractivity (Wildman–Crippen MR) is 273 cm³/mol. The first-order valence-corrected chi connectivity index (χ1v) is 22.5. The van der Waals surface area contributed by atoms with Crippen LogP contribution in [-0.2, 0) is 0 Å². The van der Waals surface area contributed by atoms with E-state index in [1.165, 1.54) is 0 Å². The highest BCUT2D eigenvalue weighted by atomic mass is 15.0. The first kappa shape index (κ1) is 41.6. The summed E-state index contributed by atoms with van der Waals surface area (Å²) in [5.41, 5.74) is 15.6. The van der Waals surface area contributed by atoms with Crippen LogP contribution in [0.3, 0.4) is 0 Å². The maximum atomic E-state index is 5.24. The summed E-state index contributed by atoms with van der Waals surface area (Å²) in [6.07, 6.45) is 1.82. The molecule has 0 atom stereocenters. The van der Waals surface area contributed by atoms with E-state index in [1.807, 2.05) is 135 Å². The van der Waals surface area contributed by atoms with Gasteiger partial charge in [0.15, 0.2) is 23.3 Å². The number of rotatable bonds is 10. The minimum absolute atomic E-state index is 0.562. The van der Waals surface area contributed by atoms with Crippen LogP contribution >= 0.6 is 0 Å². The molecule has 0 saturated carbocycles. The van der Waals surface area contributed by atoms with Gasteiger partial charge in [-0.2, -0.15) is 0 Å². The van der Waals surface area contributed by atoms with E-state index in [-0.39, 0.29) is 0 Å². The van der Waals surface area contributed by atoms with Crippen molar-refractivity contribution < 1.29 is 0 Å². The monoisotopic (exact) mass is 874 g/mol. The van der Waals surface area contributed by atoms with Crippen LogP contribution in [0.4, 0.5) is 0 Å². The summed E-state index contributed by atoms with van der Waals surface area (Å²) in [6.45, 7) is 3.95. The third kappa shape index (κ3) is 8.57. The molecule has 7 aromatic carbocycles. The van der Waals surface area contributed by atoms with Crippen LogP contribution in [0.5, 0.6) is 0 Å². The zero-order valence-corrected chi connectivity index (χ0v) is 37.4. The number of hydrogen-bond donors (Lipinski definition) is 0. The van der Waals surface area contributed by atoms with Crippen molar-refractivity contribution in [3.05, 3.63) is 230 Å². The highest BCUT2D eigenvalue weighted by Gasteiger charge is 2.22. The molecule has 0 radical (unpaired) electrons. The van der Waals surface area contributed by atoms with E-state index in [0.717, 1.165) is 95.2 Å². The lowest BCUT2D eigenvalue weighted by molar-refractivity contribution is 1.02. The Hall–Kier alpha value is -9.14. The standard InChI is InChI=1S/C60H42N8/c1-39-35-55(63-40(2)62-39)51-32-18-31-48(56(51)49-29-12-13-30-50(49)60-67-58(42-21-8-4-9-22-42)66-59(68-60)43-23-10-5-11-24-43)44-25-16-27-46(36-44)53-38-54(65-57(64-53)41-19-6-3-7-20-41)47-28-17-26-45(37-47)52-33-14-15-34-61-52/h3-38H,1-2H3. The average Bonchev–Trinajstić information content (AvgIpc) is 3.41. The molecule has 68 heavy (non-hydrogen) atoms. The molecular weight excluding hydrogens is 833 g/mol. The maximum Gasteiger partial charge on any atom is 0.164 e. The highest BCUT2D eigenvalue weighted by molar-refractivity contribution is 5.99. The molecule has 0 unspecified atom stereocenters. The Kier molecular flexibility index (Phi) is 11.2. The smallest absolute Gasteiger partial charge is 0.164 e. The SMILES string of the molecule is Cc1cc(-c2cccc(-c3cccc(-c4cc(-c5cccc(-c6ccccn6)c5)nc(-c5ccccc5)n4)c3)c2-c2ccccc2-c2nc(-c3ccccc3)nc(-c3ccccc3)n2)nc(C)n1. The largest absolute Gasteiger partial charge is 0.256 e. The van der Waals surface area contributed by atoms with Crippen LogP contribution in [0.2, 0.25) is 0 Å². The Labute approximate surface area is 394 Å². The molecule has 0 fully saturated rings. The molecular formula is C60H42N8. The molecule has 8 nitrogen and oxygen atoms in total. The van der Waals surface area contributed by atoms with E-state index in [0.29, 0.717) is 29.1 Å². The topological polar surface area (TPSA) is 103 Å². The minimum atomic E-state index is 0.562. The summed E-state index contributed by atoms with van der Waals surface area (Å²) in [7, 11) is 0. The quantitative estimate of drug-likeness (QED) is 0.134. The first-order valence-electron chi connectivity index (χ1n) is 22.5. The number of nitrogens with zero attached hydrogens (tertiary/aromatic N) is 8. The van der Waals surface area contributed by atoms with Crippen molar-refractivity contribution in [3.63, 3.8) is 0 Å². The number of aromatic nitrogens is 8. The van der Waals surface area contributed by atoms with Crippen LogP contribution in [0.1, 0.15) is 11.5 Å². The van der Waals surface area contributed by atoms with Gasteiger partial charge in [-0.05, 0) is 72.5 Å². The van der Waals surface area contributed by atoms with Gasteiger partial charge in [0.05, 0.1) is 22.8 Å². The lowest BCUT2D eigenvalue weighted by Crippen LogP contribution is -2.02. The van der Waals surface area contributed by atoms with Gasteiger partial charge in [0.25, 0.3) is 0 Å². The van der Waals surface area contributed by atoms with Gasteiger partial charge in [-0.15, -0.1) is 0 Å². The fourth-order valence-electron chi connectivity index (χ4n) is 8.65. The molecule has 11 rings (SSSR count). The van der Waals surface area contributed by atoms with Gasteiger partial charge in [-0.3, -0.25) is 4.98 Å². The molecule has 0 bridgehead atoms. The van der Waals surface area contributed by atoms with E-state index in [2.05, 4.69) is 107 Å². The van der Waals surface area contributed by atoms with Gasteiger partial charge in [0.2, 0.25) is 0 Å². The molecule has 0 aliphatic rings. The summed E-state index contributed by atoms with van der Waals surface area (Å²) in [5, 5.41) is 0. The summed E-state index contributed by atoms with van der Waals surface area (Å²) >= 11 is 0. The number of aryl methyl sites for hydroxylation is 2. The molecule has 0 aliphatic heterocycles. The number of hydrogen-bond acceptors (Lipinski definition) is 8. The van der Waals surface area contributed by atoms with Gasteiger partial charge in [0.1, 0.15) is 5.82 Å². The van der Waals surface area contributed by atoms with Crippen molar-refractivity contribution in [1.82, 2.24) is 39.9 Å². The Morgan fingerprint density at radius 3 is 1.31 bits per heavy atom. The van der Waals surface area contributed by atoms with Gasteiger partial charge in [0, 0.05) is 56.4 Å². The lowest BCUT2D eigenvalue weighted by Gasteiger charge is -2.19. The Balaban J connectivity index is 1.11. The van der Waals surface area contributed by atoms with Crippen LogP contribution in [0.15, 0.2) is 219 Å². The second-order valence-corrected chi connectivity index (χ2v) is 16.5. The molecule has 0 saturated heterocycles. The fraction of sp³-hybridized carbons (Fsp3) is 0.0333. The van der Waals surface area contributed by atoms with Gasteiger partial charge in [-0.1, -0.05) is 176 Å². The van der Waals surface area contributed by atoms with Crippen LogP contribution < -0.4 is 0 Å². The fourth-order valence-corrected chi connectivity index (χ4v) is 8.65. The van der Waals surface area contributed by atoms with Gasteiger partial charge in [-0.25, -0.2) is 34.9 Å². The minimum Gasteiger partial charge on any atom is -0.256 e. The first-order chi connectivity index (χ1) is 33.5. The molecule has 0 spiro atoms. The molecule has 4 aromatic heterocycles. The zero-order chi connectivity index (χ0) is 45.8.